The molecule has 0 bridgehead atoms. The molecular weight excluding hydrogens is 272 g/mol. The molecule has 0 unspecified atom stereocenters. The van der Waals surface area contributed by atoms with Crippen LogP contribution >= 0.6 is 0 Å². The molecule has 21 heavy (non-hydrogen) atoms. The molecule has 0 fully saturated rings. The van der Waals surface area contributed by atoms with Crippen molar-refractivity contribution in [1.29, 1.82) is 5.26 Å². The Labute approximate surface area is 121 Å². The fourth-order valence-electron chi connectivity index (χ4n) is 1.60. The third-order valence-corrected chi connectivity index (χ3v) is 2.57. The van der Waals surface area contributed by atoms with Gasteiger partial charge in [-0.2, -0.15) is 5.26 Å². The molecule has 1 aromatic heterocycles. The summed E-state index contributed by atoms with van der Waals surface area (Å²) in [5.41, 5.74) is 2.68. The van der Waals surface area contributed by atoms with Crippen molar-refractivity contribution in [2.75, 3.05) is 6.61 Å². The first-order valence-corrected chi connectivity index (χ1v) is 6.37. The van der Waals surface area contributed by atoms with Gasteiger partial charge in [-0.05, 0) is 31.2 Å². The maximum absolute atomic E-state index is 11.6. The number of carbonyl (C=O) groups is 1. The maximum atomic E-state index is 11.6. The Bertz CT molecular complexity index is 658. The molecule has 1 N–H and O–H groups in total. The van der Waals surface area contributed by atoms with E-state index in [1.807, 2.05) is 6.07 Å². The third-order valence-electron chi connectivity index (χ3n) is 2.57. The number of nitriles is 1. The highest BCUT2D eigenvalue weighted by atomic mass is 16.7. The van der Waals surface area contributed by atoms with Crippen LogP contribution in [0.25, 0.3) is 0 Å². The average Bonchev–Trinajstić information content (AvgIpc) is 3.00. The summed E-state index contributed by atoms with van der Waals surface area (Å²) in [6.07, 6.45) is 0. The Morgan fingerprint density at radius 3 is 2.90 bits per heavy atom. The summed E-state index contributed by atoms with van der Waals surface area (Å²) in [7, 11) is 0. The van der Waals surface area contributed by atoms with Gasteiger partial charge in [-0.25, -0.2) is 5.48 Å². The lowest BCUT2D eigenvalue weighted by Gasteiger charge is -2.05. The second kappa shape index (κ2) is 7.12. The summed E-state index contributed by atoms with van der Waals surface area (Å²) in [5.74, 6) is 0.622. The molecular formula is C15H14N2O4. The zero-order chi connectivity index (χ0) is 15.1. The van der Waals surface area contributed by atoms with Gasteiger partial charge in [-0.1, -0.05) is 12.1 Å². The van der Waals surface area contributed by atoms with Crippen molar-refractivity contribution in [3.8, 4) is 11.8 Å². The predicted octanol–water partition coefficient (Wildman–Crippen LogP) is 2.41. The molecule has 1 amide bonds. The summed E-state index contributed by atoms with van der Waals surface area (Å²) >= 11 is 0. The zero-order valence-corrected chi connectivity index (χ0v) is 11.5. The molecule has 1 aromatic carbocycles. The second-order valence-electron chi connectivity index (χ2n) is 4.03. The molecule has 0 saturated heterocycles. The van der Waals surface area contributed by atoms with Crippen molar-refractivity contribution in [2.24, 2.45) is 0 Å². The van der Waals surface area contributed by atoms with Crippen LogP contribution in [-0.2, 0) is 11.4 Å². The predicted molar refractivity (Wildman–Crippen MR) is 73.3 cm³/mol. The number of ether oxygens (including phenoxy) is 1. The largest absolute Gasteiger partial charge is 0.484 e. The van der Waals surface area contributed by atoms with Gasteiger partial charge in [0.15, 0.2) is 5.76 Å². The standard InChI is InChI=1S/C15H14N2O4/c1-2-20-17-15(18)14-8-7-12(21-14)10-19-13-6-4-3-5-11(13)9-16/h3-8H,2,10H2,1H3,(H,17,18). The fourth-order valence-corrected chi connectivity index (χ4v) is 1.60. The average molecular weight is 286 g/mol. The van der Waals surface area contributed by atoms with Crippen molar-refractivity contribution in [3.63, 3.8) is 0 Å². The van der Waals surface area contributed by atoms with Crippen molar-refractivity contribution in [2.45, 2.75) is 13.5 Å². The van der Waals surface area contributed by atoms with Crippen LogP contribution in [0.5, 0.6) is 5.75 Å². The highest BCUT2D eigenvalue weighted by molar-refractivity contribution is 5.90. The smallest absolute Gasteiger partial charge is 0.310 e. The number of benzene rings is 1. The molecule has 0 spiro atoms. The number of rotatable bonds is 6. The van der Waals surface area contributed by atoms with Crippen molar-refractivity contribution in [3.05, 3.63) is 53.5 Å². The lowest BCUT2D eigenvalue weighted by molar-refractivity contribution is 0.0338. The normalized spacial score (nSPS) is 9.90. The third kappa shape index (κ3) is 3.84. The number of hydroxylamine groups is 1. The van der Waals surface area contributed by atoms with Gasteiger partial charge >= 0.3 is 5.91 Å². The maximum Gasteiger partial charge on any atom is 0.310 e. The van der Waals surface area contributed by atoms with Gasteiger partial charge in [0.05, 0.1) is 12.2 Å². The highest BCUT2D eigenvalue weighted by Crippen LogP contribution is 2.19. The summed E-state index contributed by atoms with van der Waals surface area (Å²) in [4.78, 5) is 16.4. The Morgan fingerprint density at radius 1 is 1.33 bits per heavy atom. The van der Waals surface area contributed by atoms with Crippen LogP contribution in [0.3, 0.4) is 0 Å². The van der Waals surface area contributed by atoms with E-state index in [0.717, 1.165) is 0 Å². The molecule has 0 atom stereocenters. The summed E-state index contributed by atoms with van der Waals surface area (Å²) in [6, 6.07) is 12.1. The molecule has 1 heterocycles. The first-order chi connectivity index (χ1) is 10.2. The van der Waals surface area contributed by atoms with Gasteiger partial charge in [0, 0.05) is 0 Å². The lowest BCUT2D eigenvalue weighted by Crippen LogP contribution is -2.22. The highest BCUT2D eigenvalue weighted by Gasteiger charge is 2.11. The van der Waals surface area contributed by atoms with E-state index < -0.39 is 5.91 Å². The molecule has 6 nitrogen and oxygen atoms in total. The van der Waals surface area contributed by atoms with E-state index in [1.165, 1.54) is 6.07 Å². The number of amides is 1. The second-order valence-corrected chi connectivity index (χ2v) is 4.03. The van der Waals surface area contributed by atoms with Crippen LogP contribution < -0.4 is 10.2 Å². The Hall–Kier alpha value is -2.78. The first kappa shape index (κ1) is 14.6. The molecule has 0 radical (unpaired) electrons. The van der Waals surface area contributed by atoms with Crippen LogP contribution in [-0.4, -0.2) is 12.5 Å². The molecule has 0 aliphatic heterocycles. The Balaban J connectivity index is 1.97. The number of furan rings is 1. The summed E-state index contributed by atoms with van der Waals surface area (Å²) < 4.78 is 10.8. The van der Waals surface area contributed by atoms with Crippen LogP contribution in [0.15, 0.2) is 40.8 Å². The summed E-state index contributed by atoms with van der Waals surface area (Å²) in [5, 5.41) is 8.95. The van der Waals surface area contributed by atoms with Crippen molar-refractivity contribution >= 4 is 5.91 Å². The van der Waals surface area contributed by atoms with E-state index in [1.54, 1.807) is 37.3 Å². The molecule has 108 valence electrons. The van der Waals surface area contributed by atoms with Gasteiger partial charge in [0.2, 0.25) is 0 Å². The van der Waals surface area contributed by atoms with Crippen LogP contribution in [0.4, 0.5) is 0 Å². The minimum Gasteiger partial charge on any atom is -0.484 e. The SMILES string of the molecule is CCONC(=O)c1ccc(COc2ccccc2C#N)o1. The van der Waals surface area contributed by atoms with E-state index in [9.17, 15) is 4.79 Å². The van der Waals surface area contributed by atoms with E-state index in [2.05, 4.69) is 5.48 Å². The monoisotopic (exact) mass is 286 g/mol. The van der Waals surface area contributed by atoms with Gasteiger partial charge < -0.3 is 9.15 Å². The van der Waals surface area contributed by atoms with E-state index in [4.69, 9.17) is 19.3 Å². The topological polar surface area (TPSA) is 84.5 Å². The molecule has 2 aromatic rings. The van der Waals surface area contributed by atoms with Crippen molar-refractivity contribution < 1.29 is 18.8 Å². The number of hydrogen-bond acceptors (Lipinski definition) is 5. The van der Waals surface area contributed by atoms with Crippen molar-refractivity contribution in [1.82, 2.24) is 5.48 Å². The molecule has 6 heteroatoms. The fraction of sp³-hybridized carbons (Fsp3) is 0.200. The molecule has 0 saturated carbocycles. The number of nitrogens with one attached hydrogen (secondary N) is 1. The van der Waals surface area contributed by atoms with Gasteiger partial charge in [-0.15, -0.1) is 0 Å². The van der Waals surface area contributed by atoms with Gasteiger partial charge in [0.25, 0.3) is 0 Å². The number of hydrogen-bond donors (Lipinski definition) is 1. The van der Waals surface area contributed by atoms with Crippen LogP contribution in [0, 0.1) is 11.3 Å². The number of para-hydroxylation sites is 1. The first-order valence-electron chi connectivity index (χ1n) is 6.37. The minimum absolute atomic E-state index is 0.126. The van der Waals surface area contributed by atoms with E-state index >= 15 is 0 Å². The molecule has 0 aliphatic rings. The lowest BCUT2D eigenvalue weighted by atomic mass is 10.2. The Morgan fingerprint density at radius 2 is 2.14 bits per heavy atom. The van der Waals surface area contributed by atoms with E-state index in [-0.39, 0.29) is 12.4 Å². The molecule has 0 aliphatic carbocycles. The quantitative estimate of drug-likeness (QED) is 0.824. The number of carbonyl (C=O) groups excluding carboxylic acids is 1. The van der Waals surface area contributed by atoms with Crippen LogP contribution in [0.2, 0.25) is 0 Å². The molecule has 2 rings (SSSR count). The van der Waals surface area contributed by atoms with Gasteiger partial charge in [0.1, 0.15) is 24.2 Å². The summed E-state index contributed by atoms with van der Waals surface area (Å²) in [6.45, 7) is 2.25. The van der Waals surface area contributed by atoms with Gasteiger partial charge in [-0.3, -0.25) is 9.63 Å². The van der Waals surface area contributed by atoms with E-state index in [0.29, 0.717) is 23.7 Å². The Kier molecular flexibility index (Phi) is 4.96. The zero-order valence-electron chi connectivity index (χ0n) is 11.5. The van der Waals surface area contributed by atoms with Crippen LogP contribution in [0.1, 0.15) is 28.8 Å². The minimum atomic E-state index is -0.458. The number of nitrogens with zero attached hydrogens (tertiary/aromatic N) is 1.